The number of fused-ring (bicyclic) bond motifs is 1. The Morgan fingerprint density at radius 3 is 2.56 bits per heavy atom. The maximum absolute atomic E-state index is 13.0. The first kappa shape index (κ1) is 23.0. The van der Waals surface area contributed by atoms with Gasteiger partial charge in [0.1, 0.15) is 0 Å². The van der Waals surface area contributed by atoms with Gasteiger partial charge in [-0.05, 0) is 56.3 Å². The molecular weight excluding hydrogens is 464 g/mol. The first-order valence-corrected chi connectivity index (χ1v) is 11.2. The van der Waals surface area contributed by atoms with E-state index in [-0.39, 0.29) is 29.6 Å². The minimum absolute atomic E-state index is 0.103. The van der Waals surface area contributed by atoms with Crippen molar-refractivity contribution in [1.29, 1.82) is 0 Å². The van der Waals surface area contributed by atoms with Crippen molar-refractivity contribution in [3.05, 3.63) is 95.2 Å². The van der Waals surface area contributed by atoms with Gasteiger partial charge in [0.15, 0.2) is 23.9 Å². The highest BCUT2D eigenvalue weighted by Crippen LogP contribution is 2.35. The summed E-state index contributed by atoms with van der Waals surface area (Å²) >= 11 is 0. The van der Waals surface area contributed by atoms with Gasteiger partial charge >= 0.3 is 5.97 Å². The zero-order valence-corrected chi connectivity index (χ0v) is 19.6. The molecule has 0 saturated carbocycles. The summed E-state index contributed by atoms with van der Waals surface area (Å²) < 4.78 is 23.2. The second-order valence-corrected chi connectivity index (χ2v) is 8.13. The maximum Gasteiger partial charge on any atom is 0.340 e. The van der Waals surface area contributed by atoms with Crippen LogP contribution >= 0.6 is 0 Å². The molecule has 9 heteroatoms. The molecule has 1 N–H and O–H groups in total. The van der Waals surface area contributed by atoms with Crippen LogP contribution in [0.5, 0.6) is 11.5 Å². The first-order chi connectivity index (χ1) is 17.4. The number of benzene rings is 2. The van der Waals surface area contributed by atoms with E-state index in [1.165, 1.54) is 18.4 Å². The molecule has 0 aliphatic carbocycles. The van der Waals surface area contributed by atoms with Gasteiger partial charge in [0.2, 0.25) is 12.6 Å². The van der Waals surface area contributed by atoms with Crippen molar-refractivity contribution >= 4 is 23.3 Å². The molecule has 0 bridgehead atoms. The number of aromatic nitrogens is 1. The van der Waals surface area contributed by atoms with Crippen LogP contribution in [0.2, 0.25) is 0 Å². The topological polar surface area (TPSA) is 109 Å². The van der Waals surface area contributed by atoms with E-state index in [2.05, 4.69) is 5.32 Å². The second kappa shape index (κ2) is 9.46. The lowest BCUT2D eigenvalue weighted by molar-refractivity contribution is 0.0475. The van der Waals surface area contributed by atoms with Gasteiger partial charge in [-0.1, -0.05) is 12.1 Å². The summed E-state index contributed by atoms with van der Waals surface area (Å²) in [6.45, 7) is 3.43. The van der Waals surface area contributed by atoms with Crippen molar-refractivity contribution in [2.45, 2.75) is 13.8 Å². The molecule has 3 heterocycles. The number of hydrogen-bond acceptors (Lipinski definition) is 7. The van der Waals surface area contributed by atoms with E-state index in [1.54, 1.807) is 30.3 Å². The number of hydrogen-bond donors (Lipinski definition) is 1. The fourth-order valence-electron chi connectivity index (χ4n) is 4.12. The molecule has 9 nitrogen and oxygen atoms in total. The molecular formula is C27H22N2O7. The Kier molecular flexibility index (Phi) is 6.03. The summed E-state index contributed by atoms with van der Waals surface area (Å²) in [6, 6.07) is 16.8. The molecule has 0 fully saturated rings. The Morgan fingerprint density at radius 2 is 1.75 bits per heavy atom. The number of anilines is 1. The van der Waals surface area contributed by atoms with Crippen LogP contribution in [-0.4, -0.2) is 35.6 Å². The van der Waals surface area contributed by atoms with Crippen LogP contribution in [0.15, 0.2) is 71.3 Å². The quantitative estimate of drug-likeness (QED) is 0.298. The van der Waals surface area contributed by atoms with Gasteiger partial charge in [0.25, 0.3) is 5.91 Å². The Balaban J connectivity index is 1.30. The van der Waals surface area contributed by atoms with Crippen LogP contribution in [0.3, 0.4) is 0 Å². The molecule has 0 saturated heterocycles. The van der Waals surface area contributed by atoms with Crippen molar-refractivity contribution in [2.24, 2.45) is 0 Å². The van der Waals surface area contributed by atoms with Gasteiger partial charge in [0, 0.05) is 28.7 Å². The lowest BCUT2D eigenvalue weighted by atomic mass is 10.1. The Hall–Kier alpha value is -4.79. The van der Waals surface area contributed by atoms with Crippen molar-refractivity contribution < 1.29 is 33.0 Å². The highest BCUT2D eigenvalue weighted by Gasteiger charge is 2.22. The standard InChI is InChI=1S/C27H22N2O7/c1-16-12-20(17(2)29(16)18-9-10-23-25(13-18)36-15-35-23)22(30)14-34-27(32)19-6-3-4-7-21(19)28-26(31)24-8-5-11-33-24/h3-13H,14-15H2,1-2H3,(H,28,31). The zero-order chi connectivity index (χ0) is 25.2. The van der Waals surface area contributed by atoms with E-state index in [9.17, 15) is 14.4 Å². The summed E-state index contributed by atoms with van der Waals surface area (Å²) in [7, 11) is 0. The van der Waals surface area contributed by atoms with Crippen LogP contribution in [-0.2, 0) is 4.74 Å². The fourth-order valence-corrected chi connectivity index (χ4v) is 4.12. The van der Waals surface area contributed by atoms with Crippen LogP contribution in [0.1, 0.15) is 42.7 Å². The third-order valence-electron chi connectivity index (χ3n) is 5.82. The van der Waals surface area contributed by atoms with E-state index in [4.69, 9.17) is 18.6 Å². The normalized spacial score (nSPS) is 11.8. The number of furan rings is 1. The van der Waals surface area contributed by atoms with Crippen LogP contribution < -0.4 is 14.8 Å². The van der Waals surface area contributed by atoms with Crippen molar-refractivity contribution in [3.8, 4) is 17.2 Å². The summed E-state index contributed by atoms with van der Waals surface area (Å²) in [5, 5.41) is 2.63. The van der Waals surface area contributed by atoms with Crippen molar-refractivity contribution in [2.75, 3.05) is 18.7 Å². The number of esters is 1. The minimum atomic E-state index is -0.733. The molecule has 182 valence electrons. The number of rotatable bonds is 7. The summed E-state index contributed by atoms with van der Waals surface area (Å²) in [4.78, 5) is 38.1. The predicted molar refractivity (Wildman–Crippen MR) is 129 cm³/mol. The van der Waals surface area contributed by atoms with Gasteiger partial charge in [-0.2, -0.15) is 0 Å². The number of carbonyl (C=O) groups is 3. The number of nitrogens with zero attached hydrogens (tertiary/aromatic N) is 1. The lowest BCUT2D eigenvalue weighted by Crippen LogP contribution is -2.18. The Morgan fingerprint density at radius 1 is 0.944 bits per heavy atom. The smallest absolute Gasteiger partial charge is 0.340 e. The number of carbonyl (C=O) groups excluding carboxylic acids is 3. The lowest BCUT2D eigenvalue weighted by Gasteiger charge is -2.11. The molecule has 1 amide bonds. The SMILES string of the molecule is Cc1cc(C(=O)COC(=O)c2ccccc2NC(=O)c2ccco2)c(C)n1-c1ccc2c(c1)OCO2. The Bertz CT molecular complexity index is 1470. The van der Waals surface area contributed by atoms with Gasteiger partial charge in [0.05, 0.1) is 17.5 Å². The Labute approximate surface area is 206 Å². The highest BCUT2D eigenvalue weighted by molar-refractivity contribution is 6.07. The number of Topliss-reactive ketones (excluding diaryl/α,β-unsaturated/α-hetero) is 1. The molecule has 1 aliphatic heterocycles. The molecule has 2 aromatic heterocycles. The van der Waals surface area contributed by atoms with Crippen molar-refractivity contribution in [3.63, 3.8) is 0 Å². The molecule has 0 atom stereocenters. The minimum Gasteiger partial charge on any atom is -0.459 e. The monoisotopic (exact) mass is 486 g/mol. The van der Waals surface area contributed by atoms with Gasteiger partial charge in [-0.3, -0.25) is 9.59 Å². The molecule has 1 aliphatic rings. The van der Waals surface area contributed by atoms with Crippen LogP contribution in [0, 0.1) is 13.8 Å². The van der Waals surface area contributed by atoms with E-state index in [1.807, 2.05) is 36.6 Å². The molecule has 0 spiro atoms. The predicted octanol–water partition coefficient (Wildman–Crippen LogP) is 4.71. The summed E-state index contributed by atoms with van der Waals surface area (Å²) in [5.41, 5.74) is 3.18. The number of para-hydroxylation sites is 1. The van der Waals surface area contributed by atoms with Crippen LogP contribution in [0.4, 0.5) is 5.69 Å². The molecule has 5 rings (SSSR count). The third kappa shape index (κ3) is 4.34. The highest BCUT2D eigenvalue weighted by atomic mass is 16.7. The number of ketones is 1. The second-order valence-electron chi connectivity index (χ2n) is 8.13. The van der Waals surface area contributed by atoms with Gasteiger partial charge in [-0.25, -0.2) is 4.79 Å². The molecule has 36 heavy (non-hydrogen) atoms. The third-order valence-corrected chi connectivity index (χ3v) is 5.82. The number of ether oxygens (including phenoxy) is 3. The molecule has 2 aromatic carbocycles. The number of nitrogens with one attached hydrogen (secondary N) is 1. The summed E-state index contributed by atoms with van der Waals surface area (Å²) in [6.07, 6.45) is 1.38. The van der Waals surface area contributed by atoms with E-state index >= 15 is 0 Å². The van der Waals surface area contributed by atoms with E-state index in [0.29, 0.717) is 22.8 Å². The first-order valence-electron chi connectivity index (χ1n) is 11.2. The zero-order valence-electron chi connectivity index (χ0n) is 19.6. The molecule has 0 radical (unpaired) electrons. The number of amides is 1. The van der Waals surface area contributed by atoms with E-state index < -0.39 is 18.5 Å². The fraction of sp³-hybridized carbons (Fsp3) is 0.148. The van der Waals surface area contributed by atoms with E-state index in [0.717, 1.165) is 11.4 Å². The van der Waals surface area contributed by atoms with Gasteiger partial charge in [-0.15, -0.1) is 0 Å². The van der Waals surface area contributed by atoms with Gasteiger partial charge < -0.3 is 28.5 Å². The van der Waals surface area contributed by atoms with Crippen molar-refractivity contribution in [1.82, 2.24) is 4.57 Å². The molecule has 0 unspecified atom stereocenters. The van der Waals surface area contributed by atoms with Crippen LogP contribution in [0.25, 0.3) is 5.69 Å². The number of aryl methyl sites for hydroxylation is 1. The molecule has 4 aromatic rings. The summed E-state index contributed by atoms with van der Waals surface area (Å²) in [5.74, 6) is -0.174. The largest absolute Gasteiger partial charge is 0.459 e. The maximum atomic E-state index is 13.0. The average molecular weight is 486 g/mol. The average Bonchev–Trinajstić information content (AvgIpc) is 3.63.